The van der Waals surface area contributed by atoms with E-state index in [0.29, 0.717) is 24.5 Å². The fourth-order valence-electron chi connectivity index (χ4n) is 6.75. The van der Waals surface area contributed by atoms with Crippen molar-refractivity contribution in [2.75, 3.05) is 6.61 Å². The molecule has 1 amide bonds. The van der Waals surface area contributed by atoms with Crippen molar-refractivity contribution in [1.82, 2.24) is 5.32 Å². The molecule has 158 valence electrons. The van der Waals surface area contributed by atoms with Gasteiger partial charge in [-0.1, -0.05) is 0 Å². The fourth-order valence-corrected chi connectivity index (χ4v) is 6.75. The van der Waals surface area contributed by atoms with Gasteiger partial charge in [0.1, 0.15) is 5.75 Å². The van der Waals surface area contributed by atoms with E-state index in [1.54, 1.807) is 0 Å². The Balaban J connectivity index is 1.14. The van der Waals surface area contributed by atoms with Gasteiger partial charge in [-0.05, 0) is 118 Å². The quantitative estimate of drug-likeness (QED) is 0.766. The van der Waals surface area contributed by atoms with Gasteiger partial charge >= 0.3 is 0 Å². The zero-order valence-corrected chi connectivity index (χ0v) is 17.4. The van der Waals surface area contributed by atoms with Crippen LogP contribution in [0.2, 0.25) is 0 Å². The number of hydrogen-bond acceptors (Lipinski definition) is 3. The second-order valence-electron chi connectivity index (χ2n) is 10.3. The Labute approximate surface area is 174 Å². The van der Waals surface area contributed by atoms with E-state index in [9.17, 15) is 9.90 Å². The van der Waals surface area contributed by atoms with E-state index in [1.165, 1.54) is 32.1 Å². The van der Waals surface area contributed by atoms with E-state index in [1.807, 2.05) is 24.3 Å². The molecular weight excluding hydrogens is 362 g/mol. The van der Waals surface area contributed by atoms with Gasteiger partial charge in [-0.25, -0.2) is 0 Å². The summed E-state index contributed by atoms with van der Waals surface area (Å²) in [7, 11) is 0. The number of carbonyl (C=O) groups excluding carboxylic acids is 1. The molecule has 4 fully saturated rings. The number of rotatable bonds is 5. The van der Waals surface area contributed by atoms with E-state index < -0.39 is 0 Å². The van der Waals surface area contributed by atoms with Crippen LogP contribution in [0, 0.1) is 29.6 Å². The molecule has 29 heavy (non-hydrogen) atoms. The lowest BCUT2D eigenvalue weighted by Crippen LogP contribution is -2.41. The lowest BCUT2D eigenvalue weighted by atomic mass is 9.80. The molecule has 0 aromatic heterocycles. The molecule has 0 aliphatic heterocycles. The van der Waals surface area contributed by atoms with Crippen LogP contribution in [0.1, 0.15) is 74.6 Å². The van der Waals surface area contributed by atoms with Gasteiger partial charge < -0.3 is 15.2 Å². The first-order valence-electron chi connectivity index (χ1n) is 11.9. The van der Waals surface area contributed by atoms with Crippen LogP contribution in [0.15, 0.2) is 24.3 Å². The van der Waals surface area contributed by atoms with Crippen LogP contribution in [0.5, 0.6) is 5.75 Å². The highest BCUT2D eigenvalue weighted by molar-refractivity contribution is 5.94. The third-order valence-electron chi connectivity index (χ3n) is 8.29. The number of amides is 1. The number of aliphatic hydroxyl groups excluding tert-OH is 1. The van der Waals surface area contributed by atoms with Gasteiger partial charge in [-0.2, -0.15) is 0 Å². The third-order valence-corrected chi connectivity index (χ3v) is 8.29. The molecule has 0 spiro atoms. The molecule has 0 heterocycles. The highest BCUT2D eigenvalue weighted by Gasteiger charge is 2.46. The molecule has 5 rings (SSSR count). The van der Waals surface area contributed by atoms with Crippen molar-refractivity contribution < 1.29 is 14.6 Å². The number of nitrogens with one attached hydrogen (secondary N) is 1. The monoisotopic (exact) mass is 397 g/mol. The molecule has 4 aliphatic rings. The largest absolute Gasteiger partial charge is 0.493 e. The summed E-state index contributed by atoms with van der Waals surface area (Å²) in [5.41, 5.74) is 0.738. The number of aliphatic hydroxyl groups is 1. The summed E-state index contributed by atoms with van der Waals surface area (Å²) in [4.78, 5) is 12.9. The fraction of sp³-hybridized carbons (Fsp3) is 0.720. The molecule has 4 heteroatoms. The molecule has 1 aromatic rings. The molecular formula is C25H35NO3. The average Bonchev–Trinajstić information content (AvgIpc) is 2.98. The Morgan fingerprint density at radius 1 is 0.931 bits per heavy atom. The minimum absolute atomic E-state index is 0.0732. The molecule has 2 N–H and O–H groups in total. The number of carbonyl (C=O) groups is 1. The molecule has 0 saturated heterocycles. The Morgan fingerprint density at radius 2 is 1.69 bits per heavy atom. The van der Waals surface area contributed by atoms with Crippen LogP contribution in [0.25, 0.3) is 0 Å². The number of hydrogen-bond donors (Lipinski definition) is 2. The van der Waals surface area contributed by atoms with Crippen molar-refractivity contribution in [2.45, 2.75) is 76.4 Å². The lowest BCUT2D eigenvalue weighted by molar-refractivity contribution is 0.0912. The van der Waals surface area contributed by atoms with Gasteiger partial charge in [0.2, 0.25) is 0 Å². The van der Waals surface area contributed by atoms with Crippen molar-refractivity contribution in [2.24, 2.45) is 29.6 Å². The third kappa shape index (κ3) is 4.33. The summed E-state index contributed by atoms with van der Waals surface area (Å²) in [6.45, 7) is 0.700. The smallest absolute Gasteiger partial charge is 0.251 e. The van der Waals surface area contributed by atoms with Gasteiger partial charge in [0.05, 0.1) is 12.7 Å². The minimum Gasteiger partial charge on any atom is -0.493 e. The van der Waals surface area contributed by atoms with Crippen molar-refractivity contribution in [3.05, 3.63) is 29.8 Å². The molecule has 5 atom stereocenters. The Hall–Kier alpha value is -1.55. The zero-order chi connectivity index (χ0) is 19.8. The number of benzene rings is 1. The molecule has 3 bridgehead atoms. The van der Waals surface area contributed by atoms with Gasteiger partial charge in [0.15, 0.2) is 0 Å². The number of fused-ring (bicyclic) bond motifs is 2. The lowest BCUT2D eigenvalue weighted by Gasteiger charge is -2.27. The van der Waals surface area contributed by atoms with Crippen LogP contribution < -0.4 is 10.1 Å². The highest BCUT2D eigenvalue weighted by Crippen LogP contribution is 2.53. The van der Waals surface area contributed by atoms with Crippen molar-refractivity contribution >= 4 is 5.91 Å². The highest BCUT2D eigenvalue weighted by atomic mass is 16.5. The summed E-state index contributed by atoms with van der Waals surface area (Å²) < 4.78 is 5.94. The van der Waals surface area contributed by atoms with Gasteiger partial charge in [0.25, 0.3) is 5.91 Å². The Morgan fingerprint density at radius 3 is 2.48 bits per heavy atom. The first-order valence-corrected chi connectivity index (χ1v) is 11.9. The van der Waals surface area contributed by atoms with Crippen molar-refractivity contribution in [3.63, 3.8) is 0 Å². The first-order chi connectivity index (χ1) is 14.1. The van der Waals surface area contributed by atoms with Crippen LogP contribution >= 0.6 is 0 Å². The molecule has 4 aliphatic carbocycles. The molecule has 0 radical (unpaired) electrons. The van der Waals surface area contributed by atoms with Crippen LogP contribution in [-0.2, 0) is 0 Å². The molecule has 4 nitrogen and oxygen atoms in total. The summed E-state index contributed by atoms with van der Waals surface area (Å²) >= 11 is 0. The average molecular weight is 398 g/mol. The second kappa shape index (κ2) is 8.29. The maximum Gasteiger partial charge on any atom is 0.251 e. The standard InChI is InChI=1S/C25H35NO3/c27-21-6-1-16(2-7-21)15-29-22-8-4-19(5-9-22)25(28)26-24-10-3-17-11-18-13-20(12-17)23(24)14-18/h4-5,8-9,16-18,20-21,23-24,27H,1-3,6-7,10-15H2,(H,26,28)/t16?,17?,18?,20-,21?,23?,24?/m1/s1. The molecule has 1 aromatic carbocycles. The van der Waals surface area contributed by atoms with Crippen molar-refractivity contribution in [3.8, 4) is 5.75 Å². The zero-order valence-electron chi connectivity index (χ0n) is 17.4. The predicted molar refractivity (Wildman–Crippen MR) is 113 cm³/mol. The second-order valence-corrected chi connectivity index (χ2v) is 10.3. The summed E-state index contributed by atoms with van der Waals surface area (Å²) in [5, 5.41) is 13.0. The van der Waals surface area contributed by atoms with Crippen LogP contribution in [0.4, 0.5) is 0 Å². The van der Waals surface area contributed by atoms with E-state index in [-0.39, 0.29) is 12.0 Å². The Bertz CT molecular complexity index is 709. The maximum atomic E-state index is 12.9. The Kier molecular flexibility index (Phi) is 5.55. The van der Waals surface area contributed by atoms with Crippen molar-refractivity contribution in [1.29, 1.82) is 0 Å². The van der Waals surface area contributed by atoms with Crippen LogP contribution in [0.3, 0.4) is 0 Å². The van der Waals surface area contributed by atoms with E-state index >= 15 is 0 Å². The minimum atomic E-state index is -0.122. The van der Waals surface area contributed by atoms with E-state index in [0.717, 1.165) is 61.2 Å². The van der Waals surface area contributed by atoms with Gasteiger partial charge in [-0.3, -0.25) is 4.79 Å². The molecule has 4 unspecified atom stereocenters. The van der Waals surface area contributed by atoms with Gasteiger partial charge in [-0.15, -0.1) is 0 Å². The maximum absolute atomic E-state index is 12.9. The summed E-state index contributed by atoms with van der Waals surface area (Å²) in [6.07, 6.45) is 11.7. The SMILES string of the molecule is O=C(NC1CCC2CC3CC1[C@H](C2)C3)c1ccc(OCC2CCC(O)CC2)cc1. The topological polar surface area (TPSA) is 58.6 Å². The summed E-state index contributed by atoms with van der Waals surface area (Å²) in [6, 6.07) is 8.01. The first kappa shape index (κ1) is 19.4. The normalized spacial score (nSPS) is 38.4. The van der Waals surface area contributed by atoms with Crippen LogP contribution in [-0.4, -0.2) is 29.8 Å². The predicted octanol–water partition coefficient (Wildman–Crippen LogP) is 4.56. The van der Waals surface area contributed by atoms with E-state index in [2.05, 4.69) is 5.32 Å². The van der Waals surface area contributed by atoms with E-state index in [4.69, 9.17) is 4.74 Å². The number of ether oxygens (including phenoxy) is 1. The summed E-state index contributed by atoms with van der Waals surface area (Å²) in [5.74, 6) is 4.82. The molecule has 4 saturated carbocycles. The van der Waals surface area contributed by atoms with Gasteiger partial charge in [0, 0.05) is 11.6 Å².